The normalized spacial score (nSPS) is 12.6. The molecule has 0 aromatic carbocycles. The number of carbonyl (C=O) groups is 1. The molecule has 1 atom stereocenters. The molecule has 0 saturated carbocycles. The van der Waals surface area contributed by atoms with E-state index in [2.05, 4.69) is 5.32 Å². The van der Waals surface area contributed by atoms with Crippen LogP contribution in [-0.2, 0) is 11.3 Å². The first kappa shape index (κ1) is 16.1. The van der Waals surface area contributed by atoms with Crippen LogP contribution in [-0.4, -0.2) is 11.0 Å². The maximum Gasteiger partial charge on any atom is 0.244 e. The number of rotatable bonds is 6. The monoisotopic (exact) mass is 361 g/mol. The van der Waals surface area contributed by atoms with Gasteiger partial charge in [0.2, 0.25) is 5.91 Å². The number of thiophene rings is 3. The molecule has 23 heavy (non-hydrogen) atoms. The van der Waals surface area contributed by atoms with Crippen LogP contribution in [0.1, 0.15) is 26.3 Å². The quantitative estimate of drug-likeness (QED) is 0.644. The standard InChI is InChI=1S/C17H15NO2S3/c19-16(6-3-12-7-9-21-11-12)18-10-13-4-5-15(23-13)17(20)14-2-1-8-22-14/h1-9,11,17,20H,10H2,(H,18,19). The summed E-state index contributed by atoms with van der Waals surface area (Å²) in [5.74, 6) is -0.120. The predicted molar refractivity (Wildman–Crippen MR) is 97.9 cm³/mol. The number of hydrogen-bond donors (Lipinski definition) is 2. The summed E-state index contributed by atoms with van der Waals surface area (Å²) in [6, 6.07) is 9.67. The van der Waals surface area contributed by atoms with Crippen molar-refractivity contribution in [2.45, 2.75) is 12.6 Å². The third-order valence-corrected chi connectivity index (χ3v) is 5.94. The number of carbonyl (C=O) groups excluding carboxylic acids is 1. The van der Waals surface area contributed by atoms with Crippen molar-refractivity contribution in [3.63, 3.8) is 0 Å². The molecule has 3 nitrogen and oxygen atoms in total. The zero-order valence-corrected chi connectivity index (χ0v) is 14.6. The molecule has 1 amide bonds. The lowest BCUT2D eigenvalue weighted by Crippen LogP contribution is -2.19. The van der Waals surface area contributed by atoms with Crippen LogP contribution in [0.15, 0.2) is 52.5 Å². The van der Waals surface area contributed by atoms with Gasteiger partial charge < -0.3 is 10.4 Å². The second kappa shape index (κ2) is 7.70. The molecule has 0 bridgehead atoms. The summed E-state index contributed by atoms with van der Waals surface area (Å²) in [5, 5.41) is 19.1. The summed E-state index contributed by atoms with van der Waals surface area (Å²) < 4.78 is 0. The van der Waals surface area contributed by atoms with Crippen molar-refractivity contribution in [3.8, 4) is 0 Å². The second-order valence-electron chi connectivity index (χ2n) is 4.83. The summed E-state index contributed by atoms with van der Waals surface area (Å²) in [4.78, 5) is 14.6. The Morgan fingerprint density at radius 3 is 2.87 bits per heavy atom. The van der Waals surface area contributed by atoms with E-state index in [0.717, 1.165) is 20.2 Å². The van der Waals surface area contributed by atoms with Gasteiger partial charge in [0.05, 0.1) is 6.54 Å². The molecule has 0 saturated heterocycles. The third kappa shape index (κ3) is 4.39. The van der Waals surface area contributed by atoms with Gasteiger partial charge in [0.1, 0.15) is 6.10 Å². The van der Waals surface area contributed by atoms with Crippen LogP contribution in [0.3, 0.4) is 0 Å². The second-order valence-corrected chi connectivity index (χ2v) is 7.79. The fraction of sp³-hybridized carbons (Fsp3) is 0.118. The van der Waals surface area contributed by atoms with Gasteiger partial charge >= 0.3 is 0 Å². The van der Waals surface area contributed by atoms with Crippen LogP contribution in [0.5, 0.6) is 0 Å². The number of amides is 1. The molecule has 0 fully saturated rings. The van der Waals surface area contributed by atoms with Crippen LogP contribution < -0.4 is 5.32 Å². The van der Waals surface area contributed by atoms with Gasteiger partial charge in [0.15, 0.2) is 0 Å². The van der Waals surface area contributed by atoms with Crippen molar-refractivity contribution in [3.05, 3.63) is 72.7 Å². The average Bonchev–Trinajstić information content (AvgIpc) is 3.33. The molecular formula is C17H15NO2S3. The van der Waals surface area contributed by atoms with Crippen LogP contribution in [0.25, 0.3) is 6.08 Å². The Kier molecular flexibility index (Phi) is 5.40. The van der Waals surface area contributed by atoms with E-state index in [1.165, 1.54) is 28.7 Å². The highest BCUT2D eigenvalue weighted by molar-refractivity contribution is 7.13. The van der Waals surface area contributed by atoms with E-state index in [9.17, 15) is 9.90 Å². The first-order chi connectivity index (χ1) is 11.2. The number of aliphatic hydroxyl groups is 1. The molecule has 0 spiro atoms. The molecule has 118 valence electrons. The molecule has 3 heterocycles. The van der Waals surface area contributed by atoms with Crippen LogP contribution in [0.4, 0.5) is 0 Å². The fourth-order valence-electron chi connectivity index (χ4n) is 2.00. The third-order valence-electron chi connectivity index (χ3n) is 3.17. The number of aliphatic hydroxyl groups excluding tert-OH is 1. The highest BCUT2D eigenvalue weighted by Crippen LogP contribution is 2.30. The largest absolute Gasteiger partial charge is 0.382 e. The molecule has 3 rings (SSSR count). The summed E-state index contributed by atoms with van der Waals surface area (Å²) >= 11 is 4.66. The Labute approximate surface area is 146 Å². The molecule has 6 heteroatoms. The maximum absolute atomic E-state index is 11.8. The topological polar surface area (TPSA) is 49.3 Å². The zero-order chi connectivity index (χ0) is 16.1. The molecule has 2 N–H and O–H groups in total. The fourth-order valence-corrected chi connectivity index (χ4v) is 4.39. The first-order valence-electron chi connectivity index (χ1n) is 7.00. The molecule has 0 aliphatic heterocycles. The molecule has 3 aromatic heterocycles. The maximum atomic E-state index is 11.8. The van der Waals surface area contributed by atoms with Crippen LogP contribution in [0.2, 0.25) is 0 Å². The minimum Gasteiger partial charge on any atom is -0.382 e. The minimum atomic E-state index is -0.581. The lowest BCUT2D eigenvalue weighted by Gasteiger charge is -2.04. The lowest BCUT2D eigenvalue weighted by atomic mass is 10.2. The Hall–Kier alpha value is -1.73. The van der Waals surface area contributed by atoms with Crippen LogP contribution >= 0.6 is 34.0 Å². The van der Waals surface area contributed by atoms with Gasteiger partial charge in [-0.05, 0) is 52.0 Å². The van der Waals surface area contributed by atoms with E-state index in [1.807, 2.05) is 46.5 Å². The van der Waals surface area contributed by atoms with Gasteiger partial charge in [0, 0.05) is 20.7 Å². The smallest absolute Gasteiger partial charge is 0.244 e. The van der Waals surface area contributed by atoms with Gasteiger partial charge in [-0.25, -0.2) is 0 Å². The highest BCUT2D eigenvalue weighted by Gasteiger charge is 2.13. The molecule has 0 aliphatic carbocycles. The zero-order valence-electron chi connectivity index (χ0n) is 12.1. The minimum absolute atomic E-state index is 0.120. The molecule has 3 aromatic rings. The van der Waals surface area contributed by atoms with Crippen molar-refractivity contribution in [1.82, 2.24) is 5.32 Å². The SMILES string of the molecule is O=C(C=Cc1ccsc1)NCc1ccc(C(O)c2cccs2)s1. The van der Waals surface area contributed by atoms with Crippen LogP contribution in [0, 0.1) is 0 Å². The molecule has 0 aliphatic rings. The Morgan fingerprint density at radius 1 is 1.22 bits per heavy atom. The van der Waals surface area contributed by atoms with Gasteiger partial charge in [-0.2, -0.15) is 11.3 Å². The van der Waals surface area contributed by atoms with E-state index >= 15 is 0 Å². The van der Waals surface area contributed by atoms with E-state index < -0.39 is 6.10 Å². The van der Waals surface area contributed by atoms with E-state index in [-0.39, 0.29) is 5.91 Å². The Bertz CT molecular complexity index is 773. The Balaban J connectivity index is 1.54. The van der Waals surface area contributed by atoms with Gasteiger partial charge in [0.25, 0.3) is 0 Å². The van der Waals surface area contributed by atoms with E-state index in [0.29, 0.717) is 6.54 Å². The van der Waals surface area contributed by atoms with E-state index in [1.54, 1.807) is 17.4 Å². The van der Waals surface area contributed by atoms with E-state index in [4.69, 9.17) is 0 Å². The molecular weight excluding hydrogens is 346 g/mol. The Morgan fingerprint density at radius 2 is 2.13 bits per heavy atom. The van der Waals surface area contributed by atoms with Crippen molar-refractivity contribution >= 4 is 46.0 Å². The average molecular weight is 362 g/mol. The summed E-state index contributed by atoms with van der Waals surface area (Å²) in [6.07, 6.45) is 2.76. The summed E-state index contributed by atoms with van der Waals surface area (Å²) in [6.45, 7) is 0.467. The lowest BCUT2D eigenvalue weighted by molar-refractivity contribution is -0.116. The predicted octanol–water partition coefficient (Wildman–Crippen LogP) is 4.28. The first-order valence-corrected chi connectivity index (χ1v) is 9.64. The van der Waals surface area contributed by atoms with Gasteiger partial charge in [-0.3, -0.25) is 4.79 Å². The number of nitrogens with one attached hydrogen (secondary N) is 1. The summed E-state index contributed by atoms with van der Waals surface area (Å²) in [5.41, 5.74) is 1.03. The van der Waals surface area contributed by atoms with Crippen molar-refractivity contribution < 1.29 is 9.90 Å². The van der Waals surface area contributed by atoms with Crippen molar-refractivity contribution in [2.75, 3.05) is 0 Å². The highest BCUT2D eigenvalue weighted by atomic mass is 32.1. The molecule has 0 radical (unpaired) electrons. The van der Waals surface area contributed by atoms with Crippen molar-refractivity contribution in [2.24, 2.45) is 0 Å². The number of hydrogen-bond acceptors (Lipinski definition) is 5. The molecule has 1 unspecified atom stereocenters. The summed E-state index contributed by atoms with van der Waals surface area (Å²) in [7, 11) is 0. The van der Waals surface area contributed by atoms with Gasteiger partial charge in [-0.1, -0.05) is 6.07 Å². The van der Waals surface area contributed by atoms with Crippen molar-refractivity contribution in [1.29, 1.82) is 0 Å². The van der Waals surface area contributed by atoms with Gasteiger partial charge in [-0.15, -0.1) is 22.7 Å².